The molecule has 0 bridgehead atoms. The summed E-state index contributed by atoms with van der Waals surface area (Å²) < 4.78 is 0. The summed E-state index contributed by atoms with van der Waals surface area (Å²) in [5, 5.41) is 2.85. The third-order valence-electron chi connectivity index (χ3n) is 1.81. The fourth-order valence-electron chi connectivity index (χ4n) is 0.972. The van der Waals surface area contributed by atoms with E-state index in [0.29, 0.717) is 18.1 Å². The molecule has 0 aromatic carbocycles. The highest BCUT2D eigenvalue weighted by Crippen LogP contribution is 2.07. The van der Waals surface area contributed by atoms with Crippen molar-refractivity contribution in [1.29, 1.82) is 0 Å². The summed E-state index contributed by atoms with van der Waals surface area (Å²) in [6.45, 7) is 2.38. The molecule has 1 unspecified atom stereocenters. The highest BCUT2D eigenvalue weighted by molar-refractivity contribution is 6.29. The number of carbonyl (C=O) groups excluding carboxylic acids is 1. The van der Waals surface area contributed by atoms with Crippen molar-refractivity contribution in [2.24, 2.45) is 11.7 Å². The highest BCUT2D eigenvalue weighted by Gasteiger charge is 2.08. The number of hydrogen-bond acceptors (Lipinski definition) is 4. The molecule has 6 heteroatoms. The maximum absolute atomic E-state index is 11.4. The lowest BCUT2D eigenvalue weighted by Gasteiger charge is -2.07. The first-order valence-corrected chi connectivity index (χ1v) is 4.98. The number of halogens is 1. The molecule has 1 heterocycles. The van der Waals surface area contributed by atoms with Crippen LogP contribution in [0.4, 0.5) is 5.95 Å². The van der Waals surface area contributed by atoms with Gasteiger partial charge in [0.15, 0.2) is 0 Å². The van der Waals surface area contributed by atoms with Gasteiger partial charge in [0.05, 0.1) is 0 Å². The lowest BCUT2D eigenvalue weighted by atomic mass is 10.1. The molecule has 1 atom stereocenters. The number of nitrogens with two attached hydrogens (primary N) is 1. The molecule has 0 radical (unpaired) electrons. The third kappa shape index (κ3) is 4.22. The maximum Gasteiger partial charge on any atom is 0.230 e. The van der Waals surface area contributed by atoms with Gasteiger partial charge in [0.2, 0.25) is 11.9 Å². The smallest absolute Gasteiger partial charge is 0.230 e. The van der Waals surface area contributed by atoms with Crippen molar-refractivity contribution in [3.8, 4) is 0 Å². The monoisotopic (exact) mass is 228 g/mol. The van der Waals surface area contributed by atoms with Crippen molar-refractivity contribution < 1.29 is 4.79 Å². The van der Waals surface area contributed by atoms with Crippen molar-refractivity contribution in [3.05, 3.63) is 17.4 Å². The minimum absolute atomic E-state index is 0.143. The fourth-order valence-corrected chi connectivity index (χ4v) is 1.11. The second-order valence-corrected chi connectivity index (χ2v) is 3.68. The maximum atomic E-state index is 11.4. The molecule has 5 nitrogen and oxygen atoms in total. The summed E-state index contributed by atoms with van der Waals surface area (Å²) in [5.74, 6) is 0.205. The Hall–Kier alpha value is -1.20. The van der Waals surface area contributed by atoms with Gasteiger partial charge in [-0.2, -0.15) is 0 Å². The van der Waals surface area contributed by atoms with Crippen LogP contribution in [-0.4, -0.2) is 22.4 Å². The standard InChI is InChI=1S/C9H13ClN4O/c1-6(5-11)4-8(15)14-9-12-3-2-7(10)13-9/h2-3,6H,4-5,11H2,1H3,(H,12,13,14,15). The zero-order chi connectivity index (χ0) is 11.3. The van der Waals surface area contributed by atoms with Gasteiger partial charge in [0, 0.05) is 12.6 Å². The van der Waals surface area contributed by atoms with Crippen LogP contribution in [0.5, 0.6) is 0 Å². The van der Waals surface area contributed by atoms with Gasteiger partial charge >= 0.3 is 0 Å². The van der Waals surface area contributed by atoms with Crippen molar-refractivity contribution in [3.63, 3.8) is 0 Å². The van der Waals surface area contributed by atoms with E-state index >= 15 is 0 Å². The molecule has 0 spiro atoms. The molecule has 0 saturated carbocycles. The normalized spacial score (nSPS) is 12.2. The average Bonchev–Trinajstić information content (AvgIpc) is 2.17. The molecule has 3 N–H and O–H groups in total. The van der Waals surface area contributed by atoms with Gasteiger partial charge in [-0.1, -0.05) is 18.5 Å². The van der Waals surface area contributed by atoms with E-state index in [1.165, 1.54) is 6.20 Å². The number of rotatable bonds is 4. The van der Waals surface area contributed by atoms with E-state index in [0.717, 1.165) is 0 Å². The predicted octanol–water partition coefficient (Wildman–Crippen LogP) is 1.05. The number of hydrogen-bond donors (Lipinski definition) is 2. The Balaban J connectivity index is 2.51. The third-order valence-corrected chi connectivity index (χ3v) is 2.02. The number of carbonyl (C=O) groups is 1. The van der Waals surface area contributed by atoms with E-state index < -0.39 is 0 Å². The summed E-state index contributed by atoms with van der Waals surface area (Å²) in [6, 6.07) is 1.54. The molecule has 0 saturated heterocycles. The molecular formula is C9H13ClN4O. The topological polar surface area (TPSA) is 80.9 Å². The molecule has 15 heavy (non-hydrogen) atoms. The molecule has 1 aromatic heterocycles. The van der Waals surface area contributed by atoms with Gasteiger partial charge in [0.1, 0.15) is 5.15 Å². The molecule has 0 aliphatic heterocycles. The summed E-state index contributed by atoms with van der Waals surface area (Å²) in [6.07, 6.45) is 1.84. The Morgan fingerprint density at radius 2 is 2.47 bits per heavy atom. The van der Waals surface area contributed by atoms with Crippen molar-refractivity contribution in [2.75, 3.05) is 11.9 Å². The largest absolute Gasteiger partial charge is 0.330 e. The van der Waals surface area contributed by atoms with Gasteiger partial charge in [-0.3, -0.25) is 10.1 Å². The van der Waals surface area contributed by atoms with Crippen LogP contribution in [-0.2, 0) is 4.79 Å². The van der Waals surface area contributed by atoms with Crippen LogP contribution in [0, 0.1) is 5.92 Å². The summed E-state index contributed by atoms with van der Waals surface area (Å²) >= 11 is 5.64. The molecule has 0 aliphatic carbocycles. The average molecular weight is 229 g/mol. The van der Waals surface area contributed by atoms with Crippen molar-refractivity contribution >= 4 is 23.5 Å². The van der Waals surface area contributed by atoms with Gasteiger partial charge in [-0.15, -0.1) is 0 Å². The van der Waals surface area contributed by atoms with Crippen LogP contribution in [0.25, 0.3) is 0 Å². The quantitative estimate of drug-likeness (QED) is 0.755. The van der Waals surface area contributed by atoms with E-state index in [4.69, 9.17) is 17.3 Å². The molecule has 0 fully saturated rings. The van der Waals surface area contributed by atoms with E-state index in [2.05, 4.69) is 15.3 Å². The first-order valence-electron chi connectivity index (χ1n) is 4.60. The number of amides is 1. The van der Waals surface area contributed by atoms with Crippen LogP contribution in [0.2, 0.25) is 5.15 Å². The van der Waals surface area contributed by atoms with Crippen molar-refractivity contribution in [1.82, 2.24) is 9.97 Å². The second kappa shape index (κ2) is 5.63. The summed E-state index contributed by atoms with van der Waals surface area (Å²) in [7, 11) is 0. The first kappa shape index (κ1) is 11.9. The van der Waals surface area contributed by atoms with Crippen molar-refractivity contribution in [2.45, 2.75) is 13.3 Å². The van der Waals surface area contributed by atoms with Crippen LogP contribution in [0.3, 0.4) is 0 Å². The summed E-state index contributed by atoms with van der Waals surface area (Å²) in [5.41, 5.74) is 5.41. The van der Waals surface area contributed by atoms with Crippen LogP contribution in [0.15, 0.2) is 12.3 Å². The lowest BCUT2D eigenvalue weighted by molar-refractivity contribution is -0.116. The Labute approximate surface area is 93.0 Å². The van der Waals surface area contributed by atoms with Gasteiger partial charge in [-0.05, 0) is 18.5 Å². The lowest BCUT2D eigenvalue weighted by Crippen LogP contribution is -2.20. The fraction of sp³-hybridized carbons (Fsp3) is 0.444. The highest BCUT2D eigenvalue weighted by atomic mass is 35.5. The minimum atomic E-state index is -0.157. The van der Waals surface area contributed by atoms with Crippen LogP contribution >= 0.6 is 11.6 Å². The van der Waals surface area contributed by atoms with E-state index in [1.807, 2.05) is 6.92 Å². The number of nitrogens with one attached hydrogen (secondary N) is 1. The van der Waals surface area contributed by atoms with E-state index in [-0.39, 0.29) is 17.8 Å². The molecular weight excluding hydrogens is 216 g/mol. The molecule has 82 valence electrons. The zero-order valence-corrected chi connectivity index (χ0v) is 9.16. The van der Waals surface area contributed by atoms with Gasteiger partial charge in [-0.25, -0.2) is 9.97 Å². The molecule has 0 aliphatic rings. The number of nitrogens with zero attached hydrogens (tertiary/aromatic N) is 2. The van der Waals surface area contributed by atoms with Crippen LogP contribution in [0.1, 0.15) is 13.3 Å². The Morgan fingerprint density at radius 3 is 3.07 bits per heavy atom. The SMILES string of the molecule is CC(CN)CC(=O)Nc1nccc(Cl)n1. The summed E-state index contributed by atoms with van der Waals surface area (Å²) in [4.78, 5) is 19.1. The Morgan fingerprint density at radius 1 is 1.73 bits per heavy atom. The van der Waals surface area contributed by atoms with Gasteiger partial charge < -0.3 is 5.73 Å². The van der Waals surface area contributed by atoms with E-state index in [9.17, 15) is 4.79 Å². The molecule has 1 rings (SSSR count). The first-order chi connectivity index (χ1) is 7.11. The van der Waals surface area contributed by atoms with E-state index in [1.54, 1.807) is 6.07 Å². The predicted molar refractivity (Wildman–Crippen MR) is 58.5 cm³/mol. The minimum Gasteiger partial charge on any atom is -0.330 e. The molecule has 1 aromatic rings. The molecule has 1 amide bonds. The number of aromatic nitrogens is 2. The zero-order valence-electron chi connectivity index (χ0n) is 8.40. The van der Waals surface area contributed by atoms with Crippen LogP contribution < -0.4 is 11.1 Å². The Bertz CT molecular complexity index is 345. The van der Waals surface area contributed by atoms with Gasteiger partial charge in [0.25, 0.3) is 0 Å². The Kier molecular flexibility index (Phi) is 4.45. The second-order valence-electron chi connectivity index (χ2n) is 3.30. The number of anilines is 1.